The molecule has 7 rings (SSSR count). The average molecular weight is 681 g/mol. The third-order valence-corrected chi connectivity index (χ3v) is 13.8. The lowest BCUT2D eigenvalue weighted by atomic mass is 9.47. The van der Waals surface area contributed by atoms with E-state index in [2.05, 4.69) is 40.7 Å². The van der Waals surface area contributed by atoms with E-state index in [1.165, 1.54) is 69.1 Å². The van der Waals surface area contributed by atoms with Gasteiger partial charge in [0.05, 0.1) is 0 Å². The summed E-state index contributed by atoms with van der Waals surface area (Å²) in [4.78, 5) is 25.8. The molecule has 4 aliphatic rings. The van der Waals surface area contributed by atoms with Crippen LogP contribution < -0.4 is 10.2 Å². The lowest BCUT2D eigenvalue weighted by Gasteiger charge is -2.58. The van der Waals surface area contributed by atoms with Crippen LogP contribution in [0, 0.1) is 46.3 Å². The van der Waals surface area contributed by atoms with Gasteiger partial charge in [-0.15, -0.1) is 0 Å². The molecule has 0 radical (unpaired) electrons. The molecule has 0 aliphatic heterocycles. The zero-order valence-corrected chi connectivity index (χ0v) is 30.7. The van der Waals surface area contributed by atoms with Crippen LogP contribution in [0.15, 0.2) is 69.4 Å². The fourth-order valence-electron chi connectivity index (χ4n) is 11.2. The Morgan fingerprint density at radius 1 is 0.980 bits per heavy atom. The number of fused-ring (bicyclic) bond motifs is 6. The Balaban J connectivity index is 0.970. The number of phenolic OH excluding ortho intramolecular Hbond substituents is 1. The number of allylic oxidation sites excluding steroid dienone is 1. The number of carbonyl (C=O) groups excluding carboxylic acids is 1. The van der Waals surface area contributed by atoms with E-state index < -0.39 is 5.97 Å². The van der Waals surface area contributed by atoms with Crippen molar-refractivity contribution in [3.63, 3.8) is 0 Å². The molecule has 2 aromatic carbocycles. The predicted molar refractivity (Wildman–Crippen MR) is 198 cm³/mol. The number of hydrogen-bond acceptors (Lipinski definition) is 6. The monoisotopic (exact) mass is 680 g/mol. The molecule has 3 fully saturated rings. The minimum atomic E-state index is -0.431. The first kappa shape index (κ1) is 34.9. The van der Waals surface area contributed by atoms with Crippen molar-refractivity contribution < 1.29 is 23.8 Å². The minimum absolute atomic E-state index is 0.0786. The average Bonchev–Trinajstić information content (AvgIpc) is 3.44. The van der Waals surface area contributed by atoms with Crippen LogP contribution in [-0.4, -0.2) is 23.8 Å². The van der Waals surface area contributed by atoms with E-state index in [1.54, 1.807) is 6.07 Å². The van der Waals surface area contributed by atoms with Crippen LogP contribution in [-0.2, 0) is 9.53 Å². The summed E-state index contributed by atoms with van der Waals surface area (Å²) in [6.45, 7) is 12.1. The van der Waals surface area contributed by atoms with E-state index in [0.717, 1.165) is 60.3 Å². The molecule has 1 heterocycles. The van der Waals surface area contributed by atoms with Crippen molar-refractivity contribution in [1.29, 1.82) is 0 Å². The summed E-state index contributed by atoms with van der Waals surface area (Å²) in [6.07, 6.45) is 15.8. The van der Waals surface area contributed by atoms with E-state index >= 15 is 0 Å². The van der Waals surface area contributed by atoms with Gasteiger partial charge in [-0.05, 0) is 91.3 Å². The van der Waals surface area contributed by atoms with Crippen LogP contribution in [0.1, 0.15) is 105 Å². The molecule has 0 spiro atoms. The van der Waals surface area contributed by atoms with Crippen LogP contribution in [0.5, 0.6) is 11.5 Å². The standard InChI is InChI=1S/C44H56O6/c1-27(2)10-9-11-28(3)34-16-17-35-33-15-14-30-22-31(18-20-43(30,4)36(33)19-21-44(34,35)5)49-41(47)26-48-32-23-37(45)42-38(46)25-39(50-40(42)24-32)29-12-7-6-8-13-29/h6-8,12-14,23-25,27-28,31,33-36,45H,9-11,15-22,26H2,1-5H3/t28-,31+,33-,34-,35-,36-,43+,44-/m1/s1. The number of carbonyl (C=O) groups is 1. The summed E-state index contributed by atoms with van der Waals surface area (Å²) in [7, 11) is 0. The SMILES string of the molecule is CC(C)CCC[C@@H](C)[C@H]1CC[C@@H]2[C@H]3CC=C4C[C@@H](OC(=O)COc5cc(O)c6c(=O)cc(-c7ccccc7)oc6c5)CC[C@]4(C)[C@@H]3CC[C@@]21C. The maximum atomic E-state index is 13.0. The van der Waals surface area contributed by atoms with Gasteiger partial charge < -0.3 is 19.0 Å². The summed E-state index contributed by atoms with van der Waals surface area (Å²) >= 11 is 0. The fraction of sp³-hybridized carbons (Fsp3) is 0.591. The second-order valence-corrected chi connectivity index (χ2v) is 17.1. The van der Waals surface area contributed by atoms with E-state index in [4.69, 9.17) is 13.9 Å². The van der Waals surface area contributed by atoms with Gasteiger partial charge in [-0.2, -0.15) is 0 Å². The number of hydrogen-bond donors (Lipinski definition) is 1. The van der Waals surface area contributed by atoms with E-state index in [9.17, 15) is 14.7 Å². The maximum absolute atomic E-state index is 13.0. The fourth-order valence-corrected chi connectivity index (χ4v) is 11.2. The zero-order chi connectivity index (χ0) is 35.2. The van der Waals surface area contributed by atoms with E-state index in [1.807, 2.05) is 30.3 Å². The Morgan fingerprint density at radius 2 is 1.78 bits per heavy atom. The predicted octanol–water partition coefficient (Wildman–Crippen LogP) is 10.5. The largest absolute Gasteiger partial charge is 0.507 e. The molecule has 0 amide bonds. The molecule has 6 nitrogen and oxygen atoms in total. The first-order chi connectivity index (χ1) is 24.0. The minimum Gasteiger partial charge on any atom is -0.507 e. The number of rotatable bonds is 10. The Hall–Kier alpha value is -3.54. The molecule has 1 aromatic heterocycles. The Kier molecular flexibility index (Phi) is 9.69. The number of benzene rings is 2. The van der Waals surface area contributed by atoms with Gasteiger partial charge in [0.1, 0.15) is 34.3 Å². The van der Waals surface area contributed by atoms with Gasteiger partial charge >= 0.3 is 5.97 Å². The smallest absolute Gasteiger partial charge is 0.344 e. The van der Waals surface area contributed by atoms with Crippen molar-refractivity contribution >= 4 is 16.9 Å². The van der Waals surface area contributed by atoms with E-state index in [-0.39, 0.29) is 46.0 Å². The van der Waals surface area contributed by atoms with Crippen LogP contribution in [0.4, 0.5) is 0 Å². The third-order valence-electron chi connectivity index (χ3n) is 13.8. The Bertz CT molecular complexity index is 1790. The van der Waals surface area contributed by atoms with Gasteiger partial charge in [-0.25, -0.2) is 4.79 Å². The molecule has 0 bridgehead atoms. The zero-order valence-electron chi connectivity index (χ0n) is 30.7. The number of phenols is 1. The van der Waals surface area contributed by atoms with Gasteiger partial charge in [-0.1, -0.05) is 95.9 Å². The van der Waals surface area contributed by atoms with Crippen LogP contribution in [0.25, 0.3) is 22.3 Å². The molecule has 268 valence electrons. The highest BCUT2D eigenvalue weighted by molar-refractivity contribution is 5.86. The molecule has 8 atom stereocenters. The maximum Gasteiger partial charge on any atom is 0.344 e. The highest BCUT2D eigenvalue weighted by atomic mass is 16.6. The molecular formula is C44H56O6. The molecule has 0 saturated heterocycles. The molecule has 6 heteroatoms. The topological polar surface area (TPSA) is 86.0 Å². The van der Waals surface area contributed by atoms with Crippen molar-refractivity contribution in [2.75, 3.05) is 6.61 Å². The van der Waals surface area contributed by atoms with Crippen molar-refractivity contribution in [2.24, 2.45) is 46.3 Å². The lowest BCUT2D eigenvalue weighted by Crippen LogP contribution is -2.51. The van der Waals surface area contributed by atoms with E-state index in [0.29, 0.717) is 11.2 Å². The van der Waals surface area contributed by atoms with Gasteiger partial charge in [0.15, 0.2) is 12.0 Å². The molecule has 3 saturated carbocycles. The van der Waals surface area contributed by atoms with Gasteiger partial charge in [0, 0.05) is 30.2 Å². The first-order valence-corrected chi connectivity index (χ1v) is 19.3. The van der Waals surface area contributed by atoms with Crippen LogP contribution >= 0.6 is 0 Å². The highest BCUT2D eigenvalue weighted by Gasteiger charge is 2.59. The second kappa shape index (κ2) is 13.9. The summed E-state index contributed by atoms with van der Waals surface area (Å²) in [6, 6.07) is 13.6. The second-order valence-electron chi connectivity index (χ2n) is 17.1. The molecule has 1 N–H and O–H groups in total. The number of aromatic hydroxyl groups is 1. The number of ether oxygens (including phenoxy) is 2. The van der Waals surface area contributed by atoms with Crippen molar-refractivity contribution in [1.82, 2.24) is 0 Å². The van der Waals surface area contributed by atoms with Crippen LogP contribution in [0.3, 0.4) is 0 Å². The highest BCUT2D eigenvalue weighted by Crippen LogP contribution is 2.67. The van der Waals surface area contributed by atoms with Crippen molar-refractivity contribution in [3.8, 4) is 22.8 Å². The van der Waals surface area contributed by atoms with Crippen molar-refractivity contribution in [2.45, 2.75) is 111 Å². The Morgan fingerprint density at radius 3 is 2.56 bits per heavy atom. The van der Waals surface area contributed by atoms with Gasteiger partial charge in [0.25, 0.3) is 0 Å². The van der Waals surface area contributed by atoms with Crippen LogP contribution in [0.2, 0.25) is 0 Å². The summed E-state index contributed by atoms with van der Waals surface area (Å²) in [5.74, 6) is 4.75. The normalized spacial score (nSPS) is 31.0. The Labute approximate surface area is 297 Å². The molecule has 3 aromatic rings. The summed E-state index contributed by atoms with van der Waals surface area (Å²) < 4.78 is 17.7. The molecular weight excluding hydrogens is 624 g/mol. The lowest BCUT2D eigenvalue weighted by molar-refractivity contribution is -0.153. The van der Waals surface area contributed by atoms with Gasteiger partial charge in [0.2, 0.25) is 0 Å². The number of esters is 1. The van der Waals surface area contributed by atoms with Gasteiger partial charge in [-0.3, -0.25) is 4.79 Å². The van der Waals surface area contributed by atoms with Crippen molar-refractivity contribution in [3.05, 3.63) is 70.4 Å². The molecule has 0 unspecified atom stereocenters. The summed E-state index contributed by atoms with van der Waals surface area (Å²) in [5.41, 5.74) is 2.76. The molecule has 50 heavy (non-hydrogen) atoms. The quantitative estimate of drug-likeness (QED) is 0.169. The first-order valence-electron chi connectivity index (χ1n) is 19.3. The summed E-state index contributed by atoms with van der Waals surface area (Å²) in [5, 5.41) is 10.7. The third kappa shape index (κ3) is 6.52. The molecule has 4 aliphatic carbocycles.